The summed E-state index contributed by atoms with van der Waals surface area (Å²) in [6.07, 6.45) is 8.62. The zero-order valence-electron chi connectivity index (χ0n) is 13.2. The molecule has 0 aromatic heterocycles. The predicted octanol–water partition coefficient (Wildman–Crippen LogP) is 5.11. The van der Waals surface area contributed by atoms with Crippen molar-refractivity contribution >= 4 is 15.9 Å². The first kappa shape index (κ1) is 16.8. The molecule has 1 aromatic rings. The van der Waals surface area contributed by atoms with Gasteiger partial charge in [0.25, 0.3) is 0 Å². The minimum absolute atomic E-state index is 0.573. The molecule has 0 aliphatic heterocycles. The van der Waals surface area contributed by atoms with Crippen molar-refractivity contribution in [2.24, 2.45) is 5.92 Å². The molecule has 1 aromatic carbocycles. The zero-order valence-corrected chi connectivity index (χ0v) is 14.8. The molecule has 1 N–H and O–H groups in total. The van der Waals surface area contributed by atoms with Crippen molar-refractivity contribution in [2.75, 3.05) is 7.11 Å². The van der Waals surface area contributed by atoms with Crippen LogP contribution in [0.25, 0.3) is 0 Å². The molecule has 0 radical (unpaired) electrons. The maximum Gasteiger partial charge on any atom is 0.122 e. The van der Waals surface area contributed by atoms with Crippen LogP contribution in [0.5, 0.6) is 5.75 Å². The molecular weight excluding hydrogens is 328 g/mol. The van der Waals surface area contributed by atoms with Crippen LogP contribution in [0.15, 0.2) is 22.7 Å². The van der Waals surface area contributed by atoms with Crippen LogP contribution in [-0.4, -0.2) is 17.8 Å². The van der Waals surface area contributed by atoms with Crippen LogP contribution in [0.1, 0.15) is 57.4 Å². The highest BCUT2D eigenvalue weighted by atomic mass is 79.9. The highest BCUT2D eigenvalue weighted by molar-refractivity contribution is 9.10. The van der Waals surface area contributed by atoms with Gasteiger partial charge in [0.05, 0.1) is 12.7 Å². The van der Waals surface area contributed by atoms with Gasteiger partial charge in [-0.2, -0.15) is 0 Å². The lowest BCUT2D eigenvalue weighted by Crippen LogP contribution is -2.31. The van der Waals surface area contributed by atoms with Crippen molar-refractivity contribution < 1.29 is 9.84 Å². The van der Waals surface area contributed by atoms with E-state index in [0.717, 1.165) is 47.4 Å². The Kier molecular flexibility index (Phi) is 6.12. The summed E-state index contributed by atoms with van der Waals surface area (Å²) in [7, 11) is 1.70. The molecule has 0 spiro atoms. The Labute approximate surface area is 137 Å². The van der Waals surface area contributed by atoms with Crippen LogP contribution in [0.3, 0.4) is 0 Å². The minimum atomic E-state index is -0.573. The maximum absolute atomic E-state index is 11.0. The number of benzene rings is 1. The van der Waals surface area contributed by atoms with E-state index in [-0.39, 0.29) is 0 Å². The fourth-order valence-corrected chi connectivity index (χ4v) is 3.98. The third-order valence-electron chi connectivity index (χ3n) is 4.73. The number of methoxy groups -OCH3 is 1. The Balaban J connectivity index is 2.09. The van der Waals surface area contributed by atoms with E-state index in [9.17, 15) is 5.11 Å². The molecule has 2 nitrogen and oxygen atoms in total. The second-order valence-electron chi connectivity index (χ2n) is 6.44. The van der Waals surface area contributed by atoms with Crippen molar-refractivity contribution in [1.82, 2.24) is 0 Å². The monoisotopic (exact) mass is 354 g/mol. The van der Waals surface area contributed by atoms with E-state index < -0.39 is 5.60 Å². The van der Waals surface area contributed by atoms with Gasteiger partial charge < -0.3 is 9.84 Å². The molecule has 2 unspecified atom stereocenters. The van der Waals surface area contributed by atoms with Crippen molar-refractivity contribution in [3.05, 3.63) is 28.2 Å². The number of hydrogen-bond acceptors (Lipinski definition) is 2. The third-order valence-corrected chi connectivity index (χ3v) is 5.22. The largest absolute Gasteiger partial charge is 0.496 e. The van der Waals surface area contributed by atoms with E-state index in [2.05, 4.69) is 28.9 Å². The average Bonchev–Trinajstić information content (AvgIpc) is 2.62. The van der Waals surface area contributed by atoms with Gasteiger partial charge in [-0.15, -0.1) is 0 Å². The van der Waals surface area contributed by atoms with E-state index in [1.807, 2.05) is 12.1 Å². The molecule has 3 heteroatoms. The third kappa shape index (κ3) is 4.72. The number of aliphatic hydroxyl groups is 1. The fourth-order valence-electron chi connectivity index (χ4n) is 3.58. The van der Waals surface area contributed by atoms with Crippen molar-refractivity contribution in [2.45, 2.75) is 63.9 Å². The standard InChI is InChI=1S/C18H27BrO2/c1-3-5-14-6-4-10-18(20,11-9-14)13-15-12-16(19)7-8-17(15)21-2/h7-8,12,14,20H,3-6,9-11,13H2,1-2H3. The molecule has 2 atom stereocenters. The summed E-state index contributed by atoms with van der Waals surface area (Å²) in [4.78, 5) is 0. The molecule has 1 aliphatic rings. The van der Waals surface area contributed by atoms with Gasteiger partial charge in [-0.05, 0) is 48.9 Å². The SMILES string of the molecule is CCCC1CCCC(O)(Cc2cc(Br)ccc2OC)CC1. The van der Waals surface area contributed by atoms with Crippen LogP contribution < -0.4 is 4.74 Å². The summed E-state index contributed by atoms with van der Waals surface area (Å²) in [6, 6.07) is 6.03. The van der Waals surface area contributed by atoms with Gasteiger partial charge in [-0.25, -0.2) is 0 Å². The lowest BCUT2D eigenvalue weighted by atomic mass is 9.86. The van der Waals surface area contributed by atoms with Gasteiger partial charge in [0.1, 0.15) is 5.75 Å². The fraction of sp³-hybridized carbons (Fsp3) is 0.667. The maximum atomic E-state index is 11.0. The Morgan fingerprint density at radius 1 is 1.33 bits per heavy atom. The quantitative estimate of drug-likeness (QED) is 0.744. The molecule has 1 fully saturated rings. The van der Waals surface area contributed by atoms with Gasteiger partial charge in [0.2, 0.25) is 0 Å². The summed E-state index contributed by atoms with van der Waals surface area (Å²) >= 11 is 3.52. The van der Waals surface area contributed by atoms with Crippen LogP contribution in [0.4, 0.5) is 0 Å². The van der Waals surface area contributed by atoms with Gasteiger partial charge in [-0.3, -0.25) is 0 Å². The van der Waals surface area contributed by atoms with E-state index in [4.69, 9.17) is 4.74 Å². The first-order chi connectivity index (χ1) is 10.1. The average molecular weight is 355 g/mol. The van der Waals surface area contributed by atoms with Crippen LogP contribution in [-0.2, 0) is 6.42 Å². The molecule has 1 saturated carbocycles. The topological polar surface area (TPSA) is 29.5 Å². The Bertz CT molecular complexity index is 461. The van der Waals surface area contributed by atoms with E-state index in [1.54, 1.807) is 7.11 Å². The van der Waals surface area contributed by atoms with Crippen molar-refractivity contribution in [3.63, 3.8) is 0 Å². The lowest BCUT2D eigenvalue weighted by Gasteiger charge is -2.27. The summed E-state index contributed by atoms with van der Waals surface area (Å²) in [5.74, 6) is 1.68. The Morgan fingerprint density at radius 3 is 2.86 bits per heavy atom. The summed E-state index contributed by atoms with van der Waals surface area (Å²) in [5, 5.41) is 11.0. The normalized spacial score (nSPS) is 26.4. The first-order valence-corrected chi connectivity index (χ1v) is 8.90. The van der Waals surface area contributed by atoms with Gasteiger partial charge in [-0.1, -0.05) is 48.5 Å². The van der Waals surface area contributed by atoms with Crippen LogP contribution in [0, 0.1) is 5.92 Å². The van der Waals surface area contributed by atoms with Crippen molar-refractivity contribution in [1.29, 1.82) is 0 Å². The Hall–Kier alpha value is -0.540. The number of ether oxygens (including phenoxy) is 1. The Morgan fingerprint density at radius 2 is 2.14 bits per heavy atom. The molecule has 21 heavy (non-hydrogen) atoms. The smallest absolute Gasteiger partial charge is 0.122 e. The van der Waals surface area contributed by atoms with Gasteiger partial charge in [0.15, 0.2) is 0 Å². The minimum Gasteiger partial charge on any atom is -0.496 e. The molecule has 118 valence electrons. The number of rotatable bonds is 5. The first-order valence-electron chi connectivity index (χ1n) is 8.11. The molecule has 0 amide bonds. The highest BCUT2D eigenvalue weighted by Crippen LogP contribution is 2.36. The predicted molar refractivity (Wildman–Crippen MR) is 90.8 cm³/mol. The second-order valence-corrected chi connectivity index (χ2v) is 7.36. The zero-order chi connectivity index (χ0) is 15.3. The summed E-state index contributed by atoms with van der Waals surface area (Å²) in [5.41, 5.74) is 0.527. The van der Waals surface area contributed by atoms with E-state index in [1.165, 1.54) is 19.3 Å². The van der Waals surface area contributed by atoms with Crippen LogP contribution in [0.2, 0.25) is 0 Å². The molecular formula is C18H27BrO2. The van der Waals surface area contributed by atoms with Gasteiger partial charge >= 0.3 is 0 Å². The number of halogens is 1. The molecule has 1 aliphatic carbocycles. The molecule has 0 bridgehead atoms. The van der Waals surface area contributed by atoms with Crippen LogP contribution >= 0.6 is 15.9 Å². The molecule has 0 heterocycles. The van der Waals surface area contributed by atoms with Crippen molar-refractivity contribution in [3.8, 4) is 5.75 Å². The second kappa shape index (κ2) is 7.64. The van der Waals surface area contributed by atoms with E-state index >= 15 is 0 Å². The summed E-state index contributed by atoms with van der Waals surface area (Å²) in [6.45, 7) is 2.25. The summed E-state index contributed by atoms with van der Waals surface area (Å²) < 4.78 is 6.49. The molecule has 0 saturated heterocycles. The van der Waals surface area contributed by atoms with E-state index in [0.29, 0.717) is 6.42 Å². The highest BCUT2D eigenvalue weighted by Gasteiger charge is 2.31. The lowest BCUT2D eigenvalue weighted by molar-refractivity contribution is 0.0236. The van der Waals surface area contributed by atoms with Gasteiger partial charge in [0, 0.05) is 10.9 Å². The number of hydrogen-bond donors (Lipinski definition) is 1. The molecule has 2 rings (SSSR count).